The van der Waals surface area contributed by atoms with Gasteiger partial charge in [-0.05, 0) is 23.8 Å². The Labute approximate surface area is 99.7 Å². The monoisotopic (exact) mass is 223 g/mol. The highest BCUT2D eigenvalue weighted by atomic mass is 16.3. The molecule has 0 aliphatic heterocycles. The van der Waals surface area contributed by atoms with Crippen molar-refractivity contribution in [2.24, 2.45) is 0 Å². The zero-order valence-corrected chi connectivity index (χ0v) is 9.38. The highest BCUT2D eigenvalue weighted by molar-refractivity contribution is 5.86. The average Bonchev–Trinajstić information content (AvgIpc) is 2.76. The summed E-state index contributed by atoms with van der Waals surface area (Å²) in [5, 5.41) is 10.6. The van der Waals surface area contributed by atoms with Crippen LogP contribution >= 0.6 is 0 Å². The van der Waals surface area contributed by atoms with Crippen LogP contribution in [-0.4, -0.2) is 9.67 Å². The fourth-order valence-corrected chi connectivity index (χ4v) is 2.13. The van der Waals surface area contributed by atoms with Gasteiger partial charge in [0.25, 0.3) is 0 Å². The summed E-state index contributed by atoms with van der Waals surface area (Å²) in [7, 11) is 0. The molecular weight excluding hydrogens is 210 g/mol. The first-order chi connectivity index (χ1) is 8.34. The molecule has 84 valence electrons. The molecule has 2 heteroatoms. The second kappa shape index (κ2) is 3.98. The van der Waals surface area contributed by atoms with Gasteiger partial charge in [-0.3, -0.25) is 0 Å². The molecule has 0 saturated heterocycles. The Balaban J connectivity index is 2.05. The van der Waals surface area contributed by atoms with Crippen LogP contribution in [0.25, 0.3) is 10.9 Å². The molecule has 1 aromatic heterocycles. The summed E-state index contributed by atoms with van der Waals surface area (Å²) >= 11 is 0. The molecule has 2 aromatic carbocycles. The first-order valence-electron chi connectivity index (χ1n) is 5.65. The number of fused-ring (bicyclic) bond motifs is 1. The minimum Gasteiger partial charge on any atom is -0.507 e. The lowest BCUT2D eigenvalue weighted by molar-refractivity contribution is 0.481. The number of nitrogens with zero attached hydrogens (tertiary/aromatic N) is 1. The minimum atomic E-state index is 0.342. The Hall–Kier alpha value is -2.22. The van der Waals surface area contributed by atoms with Crippen molar-refractivity contribution in [2.75, 3.05) is 0 Å². The van der Waals surface area contributed by atoms with Crippen molar-refractivity contribution in [3.05, 3.63) is 66.4 Å². The van der Waals surface area contributed by atoms with E-state index in [-0.39, 0.29) is 0 Å². The third-order valence-electron chi connectivity index (χ3n) is 2.99. The van der Waals surface area contributed by atoms with Crippen molar-refractivity contribution < 1.29 is 5.11 Å². The van der Waals surface area contributed by atoms with E-state index in [2.05, 4.69) is 16.7 Å². The summed E-state index contributed by atoms with van der Waals surface area (Å²) in [6.07, 6.45) is 2.01. The molecule has 0 bridgehead atoms. The minimum absolute atomic E-state index is 0.342. The molecule has 0 aliphatic carbocycles. The van der Waals surface area contributed by atoms with Gasteiger partial charge < -0.3 is 9.67 Å². The summed E-state index contributed by atoms with van der Waals surface area (Å²) in [6.45, 7) is 0.827. The van der Waals surface area contributed by atoms with E-state index in [1.807, 2.05) is 42.6 Å². The Bertz CT molecular complexity index is 640. The number of hydrogen-bond donors (Lipinski definition) is 1. The SMILES string of the molecule is Oc1cccc2c1ccn2Cc1ccccc1. The van der Waals surface area contributed by atoms with Gasteiger partial charge in [0.2, 0.25) is 0 Å². The van der Waals surface area contributed by atoms with Gasteiger partial charge in [0, 0.05) is 18.1 Å². The van der Waals surface area contributed by atoms with Crippen molar-refractivity contribution in [1.29, 1.82) is 0 Å². The van der Waals surface area contributed by atoms with Crippen LogP contribution in [-0.2, 0) is 6.54 Å². The Morgan fingerprint density at radius 2 is 1.71 bits per heavy atom. The number of phenols is 1. The topological polar surface area (TPSA) is 25.2 Å². The van der Waals surface area contributed by atoms with Gasteiger partial charge in [-0.15, -0.1) is 0 Å². The molecule has 3 rings (SSSR count). The molecular formula is C15H13NO. The maximum atomic E-state index is 9.74. The van der Waals surface area contributed by atoms with Crippen LogP contribution in [0.5, 0.6) is 5.75 Å². The van der Waals surface area contributed by atoms with Crippen molar-refractivity contribution in [2.45, 2.75) is 6.54 Å². The van der Waals surface area contributed by atoms with Gasteiger partial charge in [-0.2, -0.15) is 0 Å². The number of hydrogen-bond acceptors (Lipinski definition) is 1. The number of phenolic OH excluding ortho intramolecular Hbond substituents is 1. The van der Waals surface area contributed by atoms with Crippen molar-refractivity contribution in [3.8, 4) is 5.75 Å². The maximum Gasteiger partial charge on any atom is 0.124 e. The van der Waals surface area contributed by atoms with Gasteiger partial charge in [-0.1, -0.05) is 36.4 Å². The molecule has 1 heterocycles. The quantitative estimate of drug-likeness (QED) is 0.707. The van der Waals surface area contributed by atoms with E-state index < -0.39 is 0 Å². The van der Waals surface area contributed by atoms with E-state index in [1.165, 1.54) is 5.56 Å². The molecule has 1 N–H and O–H groups in total. The summed E-state index contributed by atoms with van der Waals surface area (Å²) in [4.78, 5) is 0. The Morgan fingerprint density at radius 1 is 0.882 bits per heavy atom. The molecule has 0 aliphatic rings. The predicted molar refractivity (Wildman–Crippen MR) is 69.1 cm³/mol. The molecule has 0 spiro atoms. The van der Waals surface area contributed by atoms with Gasteiger partial charge in [0.1, 0.15) is 5.75 Å². The largest absolute Gasteiger partial charge is 0.507 e. The lowest BCUT2D eigenvalue weighted by Crippen LogP contribution is -1.96. The van der Waals surface area contributed by atoms with E-state index in [4.69, 9.17) is 0 Å². The predicted octanol–water partition coefficient (Wildman–Crippen LogP) is 3.40. The molecule has 0 fully saturated rings. The van der Waals surface area contributed by atoms with Crippen molar-refractivity contribution in [1.82, 2.24) is 4.57 Å². The summed E-state index contributed by atoms with van der Waals surface area (Å²) in [5.41, 5.74) is 2.32. The van der Waals surface area contributed by atoms with Gasteiger partial charge in [-0.25, -0.2) is 0 Å². The van der Waals surface area contributed by atoms with Crippen LogP contribution in [0.2, 0.25) is 0 Å². The normalized spacial score (nSPS) is 10.8. The van der Waals surface area contributed by atoms with E-state index in [9.17, 15) is 5.11 Å². The molecule has 0 amide bonds. The summed E-state index contributed by atoms with van der Waals surface area (Å²) < 4.78 is 2.14. The molecule has 17 heavy (non-hydrogen) atoms. The van der Waals surface area contributed by atoms with E-state index in [1.54, 1.807) is 6.07 Å². The fraction of sp³-hybridized carbons (Fsp3) is 0.0667. The van der Waals surface area contributed by atoms with Gasteiger partial charge in [0.05, 0.1) is 5.52 Å². The highest BCUT2D eigenvalue weighted by Crippen LogP contribution is 2.25. The van der Waals surface area contributed by atoms with E-state index in [0.29, 0.717) is 5.75 Å². The van der Waals surface area contributed by atoms with Gasteiger partial charge >= 0.3 is 0 Å². The molecule has 3 aromatic rings. The van der Waals surface area contributed by atoms with E-state index in [0.717, 1.165) is 17.4 Å². The van der Waals surface area contributed by atoms with Crippen LogP contribution in [0.15, 0.2) is 60.8 Å². The maximum absolute atomic E-state index is 9.74. The fourth-order valence-electron chi connectivity index (χ4n) is 2.13. The third kappa shape index (κ3) is 1.78. The summed E-state index contributed by atoms with van der Waals surface area (Å²) in [5.74, 6) is 0.342. The van der Waals surface area contributed by atoms with Crippen LogP contribution in [0.3, 0.4) is 0 Å². The van der Waals surface area contributed by atoms with Crippen LogP contribution in [0.4, 0.5) is 0 Å². The smallest absolute Gasteiger partial charge is 0.124 e. The second-order valence-corrected chi connectivity index (χ2v) is 4.14. The highest BCUT2D eigenvalue weighted by Gasteiger charge is 2.04. The summed E-state index contributed by atoms with van der Waals surface area (Å²) in [6, 6.07) is 17.9. The lowest BCUT2D eigenvalue weighted by Gasteiger charge is -2.05. The zero-order valence-electron chi connectivity index (χ0n) is 9.38. The van der Waals surface area contributed by atoms with Gasteiger partial charge in [0.15, 0.2) is 0 Å². The number of rotatable bonds is 2. The molecule has 0 saturated carbocycles. The molecule has 0 radical (unpaired) electrons. The van der Waals surface area contributed by atoms with Crippen LogP contribution < -0.4 is 0 Å². The number of benzene rings is 2. The van der Waals surface area contributed by atoms with Crippen molar-refractivity contribution >= 4 is 10.9 Å². The molecule has 2 nitrogen and oxygen atoms in total. The number of aromatic hydroxyl groups is 1. The van der Waals surface area contributed by atoms with E-state index >= 15 is 0 Å². The number of aromatic nitrogens is 1. The van der Waals surface area contributed by atoms with Crippen molar-refractivity contribution in [3.63, 3.8) is 0 Å². The zero-order chi connectivity index (χ0) is 11.7. The first kappa shape index (κ1) is 9.97. The Morgan fingerprint density at radius 3 is 2.53 bits per heavy atom. The standard InChI is InChI=1S/C15H13NO/c17-15-8-4-7-14-13(15)9-10-16(14)11-12-5-2-1-3-6-12/h1-10,17H,11H2. The second-order valence-electron chi connectivity index (χ2n) is 4.14. The Kier molecular flexibility index (Phi) is 2.33. The lowest BCUT2D eigenvalue weighted by atomic mass is 10.2. The average molecular weight is 223 g/mol. The molecule has 0 unspecified atom stereocenters. The first-order valence-corrected chi connectivity index (χ1v) is 5.65. The van der Waals surface area contributed by atoms with Crippen LogP contribution in [0, 0.1) is 0 Å². The van der Waals surface area contributed by atoms with Crippen LogP contribution in [0.1, 0.15) is 5.56 Å². The molecule has 0 atom stereocenters. The third-order valence-corrected chi connectivity index (χ3v) is 2.99.